The van der Waals surface area contributed by atoms with Crippen molar-refractivity contribution in [3.8, 4) is 22.3 Å². The Morgan fingerprint density at radius 3 is 2.44 bits per heavy atom. The van der Waals surface area contributed by atoms with Crippen molar-refractivity contribution in [3.05, 3.63) is 69.9 Å². The number of nitrogens with one attached hydrogen (secondary N) is 2. The van der Waals surface area contributed by atoms with E-state index < -0.39 is 23.2 Å². The van der Waals surface area contributed by atoms with Gasteiger partial charge in [-0.05, 0) is 0 Å². The fraction of sp³-hybridized carbons (Fsp3) is 0. The van der Waals surface area contributed by atoms with Crippen molar-refractivity contribution in [2.24, 2.45) is 0 Å². The molecule has 4 heterocycles. The maximum Gasteiger partial charge on any atom is -1.00 e. The van der Waals surface area contributed by atoms with Crippen molar-refractivity contribution < 1.29 is 48.0 Å². The molecule has 6 aliphatic rings. The van der Waals surface area contributed by atoms with Crippen LogP contribution in [0.15, 0.2) is 79.7 Å². The first-order valence-electron chi connectivity index (χ1n) is 9.57. The van der Waals surface area contributed by atoms with Gasteiger partial charge in [0.25, 0.3) is 0 Å². The zero-order valence-electron chi connectivity index (χ0n) is 16.2. The van der Waals surface area contributed by atoms with E-state index in [-0.39, 0.29) is 24.8 Å². The molecule has 0 saturated carbocycles. The average molecular weight is 682 g/mol. The predicted molar refractivity (Wildman–Crippen MR) is 129 cm³/mol. The van der Waals surface area contributed by atoms with E-state index in [0.717, 1.165) is 8.95 Å². The Hall–Kier alpha value is -0.747. The molecule has 2 N–H and O–H groups in total. The van der Waals surface area contributed by atoms with Crippen molar-refractivity contribution in [2.75, 3.05) is 0 Å². The van der Waals surface area contributed by atoms with Crippen molar-refractivity contribution in [3.63, 3.8) is 0 Å². The molecule has 0 spiro atoms. The van der Waals surface area contributed by atoms with Gasteiger partial charge in [0.2, 0.25) is 0 Å². The number of hydrogen-bond acceptors (Lipinski definition) is 1. The van der Waals surface area contributed by atoms with E-state index >= 15 is 0 Å². The maximum atomic E-state index is 3.75. The van der Waals surface area contributed by atoms with Gasteiger partial charge in [0.15, 0.2) is 0 Å². The number of halogens is 4. The summed E-state index contributed by atoms with van der Waals surface area (Å²) in [6, 6.07) is 18.1. The van der Waals surface area contributed by atoms with Crippen LogP contribution < -0.4 is 31.6 Å². The molecule has 2 aliphatic carbocycles. The van der Waals surface area contributed by atoms with Crippen molar-refractivity contribution >= 4 is 72.0 Å². The third-order valence-corrected chi connectivity index (χ3v) is 11.1. The molecule has 0 aromatic heterocycles. The fourth-order valence-electron chi connectivity index (χ4n) is 4.67. The number of hydrogen-bond donors (Lipinski definition) is 2. The van der Waals surface area contributed by atoms with Crippen LogP contribution in [0.3, 0.4) is 0 Å². The summed E-state index contributed by atoms with van der Waals surface area (Å²) in [5.41, 5.74) is 5.51. The Kier molecular flexibility index (Phi) is 6.10. The number of benzene rings is 2. The molecule has 2 aromatic rings. The second-order valence-electron chi connectivity index (χ2n) is 7.62. The first-order valence-corrected chi connectivity index (χ1v) is 14.4. The van der Waals surface area contributed by atoms with Crippen LogP contribution in [0.5, 0.6) is 0 Å². The van der Waals surface area contributed by atoms with Gasteiger partial charge in [-0.1, -0.05) is 0 Å². The van der Waals surface area contributed by atoms with Crippen molar-refractivity contribution in [1.29, 1.82) is 0 Å². The van der Waals surface area contributed by atoms with Crippen LogP contribution >= 0.6 is 43.6 Å². The summed E-state index contributed by atoms with van der Waals surface area (Å²) >= 11 is 8.16. The van der Waals surface area contributed by atoms with Crippen LogP contribution in [0.25, 0.3) is 43.8 Å². The Morgan fingerprint density at radius 2 is 1.56 bits per heavy atom. The molecule has 32 heavy (non-hydrogen) atoms. The van der Waals surface area contributed by atoms with Crippen LogP contribution in [0.1, 0.15) is 0 Å². The topological polar surface area (TPSA) is 31.6 Å². The number of pyridine rings is 2. The zero-order valence-corrected chi connectivity index (χ0v) is 24.2. The summed E-state index contributed by atoms with van der Waals surface area (Å²) in [5, 5.41) is 5.35. The molecule has 0 saturated heterocycles. The normalized spacial score (nSPS) is 12.1. The molecular weight excluding hydrogens is 670 g/mol. The second kappa shape index (κ2) is 8.48. The Balaban J connectivity index is 0.00000108. The third-order valence-electron chi connectivity index (χ3n) is 5.87. The van der Waals surface area contributed by atoms with E-state index in [1.807, 2.05) is 11.8 Å². The van der Waals surface area contributed by atoms with E-state index in [2.05, 4.69) is 103 Å². The Morgan fingerprint density at radius 1 is 0.750 bits per heavy atom. The molecular formula is C24H12Br2Cl2N2SZr. The van der Waals surface area contributed by atoms with Crippen LogP contribution in [-0.4, -0.2) is 9.97 Å². The van der Waals surface area contributed by atoms with Crippen LogP contribution in [0.4, 0.5) is 0 Å². The summed E-state index contributed by atoms with van der Waals surface area (Å²) < 4.78 is 5.10. The van der Waals surface area contributed by atoms with Gasteiger partial charge in [0.1, 0.15) is 0 Å². The van der Waals surface area contributed by atoms with Gasteiger partial charge in [-0.3, -0.25) is 0 Å². The van der Waals surface area contributed by atoms with Gasteiger partial charge in [0.05, 0.1) is 0 Å². The van der Waals surface area contributed by atoms with E-state index in [9.17, 15) is 0 Å². The molecule has 2 nitrogen and oxygen atoms in total. The molecule has 2 aromatic carbocycles. The van der Waals surface area contributed by atoms with Crippen molar-refractivity contribution in [2.45, 2.75) is 9.79 Å². The predicted octanol–water partition coefficient (Wildman–Crippen LogP) is 0.890. The van der Waals surface area contributed by atoms with E-state index in [1.54, 1.807) is 0 Å². The minimum atomic E-state index is -1.10. The number of fused-ring (bicyclic) bond motifs is 2. The van der Waals surface area contributed by atoms with Gasteiger partial charge >= 0.3 is 207 Å². The maximum absolute atomic E-state index is 3.75. The summed E-state index contributed by atoms with van der Waals surface area (Å²) in [6.45, 7) is 0. The van der Waals surface area contributed by atoms with Gasteiger partial charge < -0.3 is 24.8 Å². The van der Waals surface area contributed by atoms with Crippen LogP contribution in [0, 0.1) is 0 Å². The molecule has 8 rings (SSSR count). The first-order chi connectivity index (χ1) is 14.7. The molecule has 0 atom stereocenters. The number of aromatic nitrogens is 2. The summed E-state index contributed by atoms with van der Waals surface area (Å²) in [4.78, 5) is 9.96. The molecule has 0 amide bonds. The fourth-order valence-corrected chi connectivity index (χ4v) is 10.1. The van der Waals surface area contributed by atoms with Crippen LogP contribution in [0.2, 0.25) is 0 Å². The number of aromatic amines is 2. The van der Waals surface area contributed by atoms with E-state index in [4.69, 9.17) is 0 Å². The van der Waals surface area contributed by atoms with Gasteiger partial charge in [-0.25, -0.2) is 0 Å². The van der Waals surface area contributed by atoms with Gasteiger partial charge in [-0.2, -0.15) is 0 Å². The zero-order chi connectivity index (χ0) is 20.0. The quantitative estimate of drug-likeness (QED) is 0.245. The Labute approximate surface area is 229 Å². The monoisotopic (exact) mass is 678 g/mol. The molecule has 2 bridgehead atoms. The molecule has 4 aliphatic heterocycles. The van der Waals surface area contributed by atoms with Crippen LogP contribution in [-0.2, 0) is 23.2 Å². The minimum absolute atomic E-state index is 0. The molecule has 0 radical (unpaired) electrons. The van der Waals surface area contributed by atoms with E-state index in [0.29, 0.717) is 0 Å². The summed E-state index contributed by atoms with van der Waals surface area (Å²) in [5.74, 6) is 0. The first kappa shape index (κ1) is 23.0. The van der Waals surface area contributed by atoms with Gasteiger partial charge in [0, 0.05) is 0 Å². The summed E-state index contributed by atoms with van der Waals surface area (Å²) in [7, 11) is 0. The summed E-state index contributed by atoms with van der Waals surface area (Å²) in [6.07, 6.45) is 4.33. The number of H-pyrrole nitrogens is 2. The molecule has 0 unspecified atom stereocenters. The average Bonchev–Trinajstić information content (AvgIpc) is 3.28. The smallest absolute Gasteiger partial charge is 1.00 e. The Bertz CT molecular complexity index is 1590. The van der Waals surface area contributed by atoms with Gasteiger partial charge in [-0.15, -0.1) is 0 Å². The SMILES string of the molecule is Brc1ccc2c3[c]4[nH]cc(c-3cc2c1)Sc1cc(Br)cc2cc3cc[nH][c](c-3c12)[Zr+2]4.[Cl-].[Cl-]. The van der Waals surface area contributed by atoms with Crippen molar-refractivity contribution in [1.82, 2.24) is 9.97 Å². The molecule has 156 valence electrons. The standard InChI is InChI=1S/C24H12Br2N2S.2ClH.Zr/c25-16-1-2-18-14(6-16)8-19-21(18)11-28-12-23(19)29-22-9-17(26)7-15-5-13-3-4-27-10-20(13)24(15)22;;;/h1-9,12,27-28H;2*1H;/q;;;+2/p-2. The molecule has 0 fully saturated rings. The number of rotatable bonds is 0. The largest absolute Gasteiger partial charge is 1.00 e. The second-order valence-corrected chi connectivity index (χ2v) is 13.6. The third kappa shape index (κ3) is 3.37. The van der Waals surface area contributed by atoms with E-state index in [1.165, 1.54) is 60.4 Å². The minimum Gasteiger partial charge on any atom is -1.00 e. The molecule has 8 heteroatoms.